The quantitative estimate of drug-likeness (QED) is 0.688. The van der Waals surface area contributed by atoms with Gasteiger partial charge in [-0.15, -0.1) is 0 Å². The summed E-state index contributed by atoms with van der Waals surface area (Å²) in [5.74, 6) is -0.102. The lowest BCUT2D eigenvalue weighted by Gasteiger charge is -2.06. The van der Waals surface area contributed by atoms with E-state index in [-0.39, 0.29) is 11.8 Å². The van der Waals surface area contributed by atoms with Crippen molar-refractivity contribution >= 4 is 17.5 Å². The van der Waals surface area contributed by atoms with Gasteiger partial charge in [0.05, 0.1) is 13.0 Å². The van der Waals surface area contributed by atoms with E-state index in [1.165, 1.54) is 0 Å². The second-order valence-electron chi connectivity index (χ2n) is 3.88. The standard InChI is InChI=1S/C13H19N3O2/c1-3-15-9-13(18)16-11-6-4-10(5-7-11)8-12(17)14-2/h4-7,15H,3,8-9H2,1-2H3,(H,14,17)(H,16,18). The molecule has 1 aromatic rings. The number of benzene rings is 1. The topological polar surface area (TPSA) is 70.2 Å². The number of carbonyl (C=O) groups excluding carboxylic acids is 2. The number of hydrogen-bond donors (Lipinski definition) is 3. The van der Waals surface area contributed by atoms with Gasteiger partial charge in [-0.1, -0.05) is 19.1 Å². The van der Waals surface area contributed by atoms with E-state index in [1.807, 2.05) is 19.1 Å². The van der Waals surface area contributed by atoms with Gasteiger partial charge >= 0.3 is 0 Å². The lowest BCUT2D eigenvalue weighted by atomic mass is 10.1. The first-order chi connectivity index (χ1) is 8.65. The van der Waals surface area contributed by atoms with E-state index >= 15 is 0 Å². The van der Waals surface area contributed by atoms with Crippen molar-refractivity contribution in [2.45, 2.75) is 13.3 Å². The van der Waals surface area contributed by atoms with Crippen molar-refractivity contribution in [3.05, 3.63) is 29.8 Å². The molecule has 0 aromatic heterocycles. The number of nitrogens with one attached hydrogen (secondary N) is 3. The van der Waals surface area contributed by atoms with E-state index in [0.717, 1.165) is 17.8 Å². The van der Waals surface area contributed by atoms with Crippen LogP contribution in [0.5, 0.6) is 0 Å². The van der Waals surface area contributed by atoms with Gasteiger partial charge in [0.25, 0.3) is 0 Å². The van der Waals surface area contributed by atoms with E-state index in [9.17, 15) is 9.59 Å². The Hall–Kier alpha value is -1.88. The molecule has 18 heavy (non-hydrogen) atoms. The predicted octanol–water partition coefficient (Wildman–Crippen LogP) is 0.523. The number of anilines is 1. The third-order valence-corrected chi connectivity index (χ3v) is 2.42. The van der Waals surface area contributed by atoms with E-state index in [0.29, 0.717) is 13.0 Å². The Morgan fingerprint density at radius 3 is 2.33 bits per heavy atom. The molecule has 0 atom stereocenters. The number of likely N-dealkylation sites (N-methyl/N-ethyl adjacent to an activating group) is 2. The highest BCUT2D eigenvalue weighted by Crippen LogP contribution is 2.09. The first-order valence-corrected chi connectivity index (χ1v) is 5.95. The predicted molar refractivity (Wildman–Crippen MR) is 71.4 cm³/mol. The van der Waals surface area contributed by atoms with Gasteiger partial charge in [-0.2, -0.15) is 0 Å². The lowest BCUT2D eigenvalue weighted by molar-refractivity contribution is -0.120. The Kier molecular flexibility index (Phi) is 5.87. The van der Waals surface area contributed by atoms with Crippen LogP contribution in [0.15, 0.2) is 24.3 Å². The molecular formula is C13H19N3O2. The molecule has 0 fully saturated rings. The molecule has 0 aliphatic carbocycles. The van der Waals surface area contributed by atoms with Crippen molar-refractivity contribution in [3.63, 3.8) is 0 Å². The molecule has 98 valence electrons. The van der Waals surface area contributed by atoms with Gasteiger partial charge < -0.3 is 16.0 Å². The summed E-state index contributed by atoms with van der Waals surface area (Å²) in [7, 11) is 1.61. The number of rotatable bonds is 6. The van der Waals surface area contributed by atoms with Crippen LogP contribution in [-0.2, 0) is 16.0 Å². The fourth-order valence-corrected chi connectivity index (χ4v) is 1.42. The van der Waals surface area contributed by atoms with Crippen LogP contribution >= 0.6 is 0 Å². The van der Waals surface area contributed by atoms with Crippen LogP contribution in [0, 0.1) is 0 Å². The van der Waals surface area contributed by atoms with Gasteiger partial charge in [0.15, 0.2) is 0 Å². The number of hydrogen-bond acceptors (Lipinski definition) is 3. The second-order valence-corrected chi connectivity index (χ2v) is 3.88. The van der Waals surface area contributed by atoms with Crippen molar-refractivity contribution in [1.29, 1.82) is 0 Å². The summed E-state index contributed by atoms with van der Waals surface area (Å²) in [4.78, 5) is 22.6. The molecule has 0 aliphatic rings. The molecule has 0 heterocycles. The van der Waals surface area contributed by atoms with Crippen LogP contribution in [-0.4, -0.2) is 32.0 Å². The summed E-state index contributed by atoms with van der Waals surface area (Å²) in [6.45, 7) is 3.01. The maximum atomic E-state index is 11.4. The summed E-state index contributed by atoms with van der Waals surface area (Å²) < 4.78 is 0. The van der Waals surface area contributed by atoms with Crippen molar-refractivity contribution < 1.29 is 9.59 Å². The minimum atomic E-state index is -0.0732. The SMILES string of the molecule is CCNCC(=O)Nc1ccc(CC(=O)NC)cc1. The third-order valence-electron chi connectivity index (χ3n) is 2.42. The van der Waals surface area contributed by atoms with Gasteiger partial charge in [0, 0.05) is 12.7 Å². The highest BCUT2D eigenvalue weighted by atomic mass is 16.2. The van der Waals surface area contributed by atoms with Gasteiger partial charge in [0.2, 0.25) is 11.8 Å². The van der Waals surface area contributed by atoms with E-state index in [4.69, 9.17) is 0 Å². The molecule has 0 aliphatic heterocycles. The average Bonchev–Trinajstić information content (AvgIpc) is 2.38. The molecule has 5 nitrogen and oxygen atoms in total. The molecule has 3 N–H and O–H groups in total. The first kappa shape index (κ1) is 14.2. The average molecular weight is 249 g/mol. The molecule has 1 rings (SSSR count). The van der Waals surface area contributed by atoms with Crippen LogP contribution in [0.1, 0.15) is 12.5 Å². The van der Waals surface area contributed by atoms with Crippen molar-refractivity contribution in [2.75, 3.05) is 25.5 Å². The highest BCUT2D eigenvalue weighted by Gasteiger charge is 2.03. The zero-order chi connectivity index (χ0) is 13.4. The Labute approximate surface area is 107 Å². The highest BCUT2D eigenvalue weighted by molar-refractivity contribution is 5.92. The van der Waals surface area contributed by atoms with Crippen molar-refractivity contribution in [2.24, 2.45) is 0 Å². The van der Waals surface area contributed by atoms with Crippen LogP contribution in [0.3, 0.4) is 0 Å². The van der Waals surface area contributed by atoms with Gasteiger partial charge in [0.1, 0.15) is 0 Å². The minimum Gasteiger partial charge on any atom is -0.359 e. The maximum Gasteiger partial charge on any atom is 0.238 e. The fraction of sp³-hybridized carbons (Fsp3) is 0.385. The Balaban J connectivity index is 2.49. The molecule has 0 radical (unpaired) electrons. The summed E-state index contributed by atoms with van der Waals surface area (Å²) >= 11 is 0. The van der Waals surface area contributed by atoms with E-state index in [1.54, 1.807) is 19.2 Å². The van der Waals surface area contributed by atoms with Crippen LogP contribution in [0.4, 0.5) is 5.69 Å². The van der Waals surface area contributed by atoms with Crippen molar-refractivity contribution in [3.8, 4) is 0 Å². The normalized spacial score (nSPS) is 9.89. The summed E-state index contributed by atoms with van der Waals surface area (Å²) in [5.41, 5.74) is 1.65. The van der Waals surface area contributed by atoms with Gasteiger partial charge in [-0.05, 0) is 24.2 Å². The smallest absolute Gasteiger partial charge is 0.238 e. The van der Waals surface area contributed by atoms with E-state index in [2.05, 4.69) is 16.0 Å². The molecule has 0 bridgehead atoms. The van der Waals surface area contributed by atoms with Crippen LogP contribution < -0.4 is 16.0 Å². The molecule has 2 amide bonds. The monoisotopic (exact) mass is 249 g/mol. The molecule has 0 spiro atoms. The maximum absolute atomic E-state index is 11.4. The fourth-order valence-electron chi connectivity index (χ4n) is 1.42. The largest absolute Gasteiger partial charge is 0.359 e. The van der Waals surface area contributed by atoms with Gasteiger partial charge in [-0.25, -0.2) is 0 Å². The molecule has 0 saturated heterocycles. The third kappa shape index (κ3) is 4.97. The summed E-state index contributed by atoms with van der Waals surface area (Å²) in [5, 5.41) is 8.28. The van der Waals surface area contributed by atoms with Crippen LogP contribution in [0.25, 0.3) is 0 Å². The Bertz CT molecular complexity index is 401. The number of carbonyl (C=O) groups is 2. The first-order valence-electron chi connectivity index (χ1n) is 5.95. The van der Waals surface area contributed by atoms with E-state index < -0.39 is 0 Å². The second kappa shape index (κ2) is 7.45. The Morgan fingerprint density at radius 2 is 1.78 bits per heavy atom. The van der Waals surface area contributed by atoms with Crippen LogP contribution in [0.2, 0.25) is 0 Å². The molecular weight excluding hydrogens is 230 g/mol. The summed E-state index contributed by atoms with van der Waals surface area (Å²) in [6, 6.07) is 7.25. The van der Waals surface area contributed by atoms with Crippen molar-refractivity contribution in [1.82, 2.24) is 10.6 Å². The minimum absolute atomic E-state index is 0.0288. The number of amides is 2. The lowest BCUT2D eigenvalue weighted by Crippen LogP contribution is -2.27. The van der Waals surface area contributed by atoms with Gasteiger partial charge in [-0.3, -0.25) is 9.59 Å². The molecule has 0 saturated carbocycles. The molecule has 1 aromatic carbocycles. The molecule has 5 heteroatoms. The zero-order valence-electron chi connectivity index (χ0n) is 10.7. The Morgan fingerprint density at radius 1 is 1.11 bits per heavy atom. The molecule has 0 unspecified atom stereocenters. The summed E-state index contributed by atoms with van der Waals surface area (Å²) in [6.07, 6.45) is 0.349. The zero-order valence-corrected chi connectivity index (χ0v) is 10.7.